The smallest absolute Gasteiger partial charge is 0.161 e. The molecule has 0 aliphatic carbocycles. The summed E-state index contributed by atoms with van der Waals surface area (Å²) in [4.78, 5) is 0. The largest absolute Gasteiger partial charge is 0.396 e. The van der Waals surface area contributed by atoms with E-state index in [1.165, 1.54) is 6.20 Å². The van der Waals surface area contributed by atoms with Crippen LogP contribution in [0, 0.1) is 17.5 Å². The number of hydrogen-bond acceptors (Lipinski definition) is 2. The minimum Gasteiger partial charge on any atom is -0.396 e. The van der Waals surface area contributed by atoms with Gasteiger partial charge in [-0.3, -0.25) is 0 Å². The molecule has 102 valence electrons. The lowest BCUT2D eigenvalue weighted by Crippen LogP contribution is -2.14. The summed E-state index contributed by atoms with van der Waals surface area (Å²) >= 11 is 0. The third-order valence-corrected chi connectivity index (χ3v) is 2.69. The van der Waals surface area contributed by atoms with E-state index in [2.05, 4.69) is 5.10 Å². The van der Waals surface area contributed by atoms with Gasteiger partial charge in [0.2, 0.25) is 0 Å². The minimum atomic E-state index is -1.24. The van der Waals surface area contributed by atoms with Crippen molar-refractivity contribution < 1.29 is 13.2 Å². The van der Waals surface area contributed by atoms with Crippen LogP contribution < -0.4 is 5.73 Å². The third-order valence-electron chi connectivity index (χ3n) is 2.69. The Morgan fingerprint density at radius 1 is 1.05 bits per heavy atom. The van der Waals surface area contributed by atoms with Gasteiger partial charge in [0.1, 0.15) is 5.69 Å². The first-order valence-corrected chi connectivity index (χ1v) is 5.70. The number of nitrogens with two attached hydrogens (primary N) is 1. The Labute approximate surface area is 108 Å². The zero-order valence-electron chi connectivity index (χ0n) is 10.8. The summed E-state index contributed by atoms with van der Waals surface area (Å²) in [7, 11) is 0. The zero-order chi connectivity index (χ0) is 14.4. The van der Waals surface area contributed by atoms with Crippen LogP contribution in [0.25, 0.3) is 5.69 Å². The lowest BCUT2D eigenvalue weighted by atomic mass is 9.92. The van der Waals surface area contributed by atoms with Crippen molar-refractivity contribution in [3.8, 4) is 5.69 Å². The molecule has 0 aliphatic rings. The molecule has 0 saturated carbocycles. The minimum absolute atomic E-state index is 0.180. The van der Waals surface area contributed by atoms with Gasteiger partial charge < -0.3 is 5.73 Å². The molecular formula is C13H14F3N3. The molecule has 1 aromatic heterocycles. The lowest BCUT2D eigenvalue weighted by Gasteiger charge is -2.15. The predicted molar refractivity (Wildman–Crippen MR) is 66.6 cm³/mol. The van der Waals surface area contributed by atoms with Gasteiger partial charge in [-0.05, 0) is 0 Å². The summed E-state index contributed by atoms with van der Waals surface area (Å²) < 4.78 is 40.8. The quantitative estimate of drug-likeness (QED) is 0.808. The molecule has 0 amide bonds. The Morgan fingerprint density at radius 2 is 1.63 bits per heavy atom. The lowest BCUT2D eigenvalue weighted by molar-refractivity contribution is 0.490. The molecular weight excluding hydrogens is 255 g/mol. The molecule has 0 aliphatic heterocycles. The van der Waals surface area contributed by atoms with E-state index in [1.54, 1.807) is 0 Å². The van der Waals surface area contributed by atoms with Gasteiger partial charge in [-0.1, -0.05) is 20.8 Å². The predicted octanol–water partition coefficient (Wildman–Crippen LogP) is 3.17. The molecule has 0 unspecified atom stereocenters. The van der Waals surface area contributed by atoms with E-state index < -0.39 is 17.5 Å². The average Bonchev–Trinajstić information content (AvgIpc) is 2.65. The average molecular weight is 269 g/mol. The van der Waals surface area contributed by atoms with E-state index in [9.17, 15) is 13.2 Å². The molecule has 2 rings (SSSR count). The van der Waals surface area contributed by atoms with Crippen LogP contribution in [0.3, 0.4) is 0 Å². The Bertz CT molecular complexity index is 627. The highest BCUT2D eigenvalue weighted by Gasteiger charge is 2.22. The number of hydrogen-bond donors (Lipinski definition) is 1. The Hall–Kier alpha value is -1.98. The van der Waals surface area contributed by atoms with Gasteiger partial charge in [0, 0.05) is 17.5 Å². The molecule has 0 bridgehead atoms. The first-order chi connectivity index (χ1) is 8.70. The summed E-state index contributed by atoms with van der Waals surface area (Å²) in [5.74, 6) is -3.28. The van der Waals surface area contributed by atoms with Gasteiger partial charge in [-0.2, -0.15) is 5.10 Å². The fourth-order valence-corrected chi connectivity index (χ4v) is 1.78. The number of anilines is 1. The Balaban J connectivity index is 2.58. The van der Waals surface area contributed by atoms with Crippen molar-refractivity contribution in [3.05, 3.63) is 41.5 Å². The van der Waals surface area contributed by atoms with Crippen molar-refractivity contribution in [1.82, 2.24) is 9.78 Å². The number of rotatable bonds is 1. The molecule has 0 saturated heterocycles. The zero-order valence-corrected chi connectivity index (χ0v) is 10.8. The SMILES string of the molecule is CC(C)(C)c1nn(-c2cc(F)c(F)cc2F)cc1N. The molecule has 2 aromatic rings. The second-order valence-electron chi connectivity index (χ2n) is 5.35. The van der Waals surface area contributed by atoms with Gasteiger partial charge >= 0.3 is 0 Å². The summed E-state index contributed by atoms with van der Waals surface area (Å²) in [6.45, 7) is 5.70. The molecule has 0 radical (unpaired) electrons. The number of nitrogens with zero attached hydrogens (tertiary/aromatic N) is 2. The van der Waals surface area contributed by atoms with Crippen LogP contribution in [-0.2, 0) is 5.41 Å². The van der Waals surface area contributed by atoms with E-state index in [1.807, 2.05) is 20.8 Å². The molecule has 0 spiro atoms. The van der Waals surface area contributed by atoms with E-state index in [0.717, 1.165) is 10.7 Å². The number of aromatic nitrogens is 2. The first-order valence-electron chi connectivity index (χ1n) is 5.70. The van der Waals surface area contributed by atoms with Crippen molar-refractivity contribution in [2.24, 2.45) is 0 Å². The van der Waals surface area contributed by atoms with E-state index in [4.69, 9.17) is 5.73 Å². The topological polar surface area (TPSA) is 43.8 Å². The maximum Gasteiger partial charge on any atom is 0.161 e. The van der Waals surface area contributed by atoms with Crippen molar-refractivity contribution in [1.29, 1.82) is 0 Å². The van der Waals surface area contributed by atoms with Crippen LogP contribution in [-0.4, -0.2) is 9.78 Å². The fourth-order valence-electron chi connectivity index (χ4n) is 1.78. The summed E-state index contributed by atoms with van der Waals surface area (Å²) in [5, 5.41) is 4.15. The highest BCUT2D eigenvalue weighted by atomic mass is 19.2. The van der Waals surface area contributed by atoms with Crippen LogP contribution in [0.15, 0.2) is 18.3 Å². The maximum absolute atomic E-state index is 13.6. The maximum atomic E-state index is 13.6. The van der Waals surface area contributed by atoms with Gasteiger partial charge in [0.05, 0.1) is 17.6 Å². The summed E-state index contributed by atoms with van der Waals surface area (Å²) in [5.41, 5.74) is 6.24. The second kappa shape index (κ2) is 4.29. The molecule has 3 nitrogen and oxygen atoms in total. The Kier molecular flexibility index (Phi) is 3.04. The molecule has 19 heavy (non-hydrogen) atoms. The van der Waals surface area contributed by atoms with Gasteiger partial charge in [-0.15, -0.1) is 0 Å². The van der Waals surface area contributed by atoms with E-state index in [-0.39, 0.29) is 11.1 Å². The van der Waals surface area contributed by atoms with Gasteiger partial charge in [0.15, 0.2) is 17.5 Å². The molecule has 0 fully saturated rings. The van der Waals surface area contributed by atoms with Crippen molar-refractivity contribution in [2.75, 3.05) is 5.73 Å². The van der Waals surface area contributed by atoms with Crippen LogP contribution in [0.2, 0.25) is 0 Å². The summed E-state index contributed by atoms with van der Waals surface area (Å²) in [6, 6.07) is 1.24. The summed E-state index contributed by atoms with van der Waals surface area (Å²) in [6.07, 6.45) is 1.39. The normalized spacial score (nSPS) is 11.9. The first kappa shape index (κ1) is 13.5. The van der Waals surface area contributed by atoms with E-state index >= 15 is 0 Å². The van der Waals surface area contributed by atoms with Crippen LogP contribution >= 0.6 is 0 Å². The van der Waals surface area contributed by atoms with E-state index in [0.29, 0.717) is 17.4 Å². The number of halogens is 3. The van der Waals surface area contributed by atoms with Gasteiger partial charge in [0.25, 0.3) is 0 Å². The molecule has 1 heterocycles. The fraction of sp³-hybridized carbons (Fsp3) is 0.308. The molecule has 2 N–H and O–H groups in total. The van der Waals surface area contributed by atoms with Crippen LogP contribution in [0.5, 0.6) is 0 Å². The van der Waals surface area contributed by atoms with Crippen molar-refractivity contribution in [3.63, 3.8) is 0 Å². The monoisotopic (exact) mass is 269 g/mol. The third kappa shape index (κ3) is 2.43. The second-order valence-corrected chi connectivity index (χ2v) is 5.35. The van der Waals surface area contributed by atoms with Crippen LogP contribution in [0.1, 0.15) is 26.5 Å². The van der Waals surface area contributed by atoms with Crippen LogP contribution in [0.4, 0.5) is 18.9 Å². The van der Waals surface area contributed by atoms with Crippen molar-refractivity contribution in [2.45, 2.75) is 26.2 Å². The number of benzene rings is 1. The molecule has 1 aromatic carbocycles. The number of nitrogen functional groups attached to an aromatic ring is 1. The van der Waals surface area contributed by atoms with Crippen molar-refractivity contribution >= 4 is 5.69 Å². The van der Waals surface area contributed by atoms with Gasteiger partial charge in [-0.25, -0.2) is 17.9 Å². The standard InChI is InChI=1S/C13H14F3N3/c1-13(2,3)12-10(17)6-19(18-12)11-5-8(15)7(14)4-9(11)16/h4-6H,17H2,1-3H3. The molecule has 0 atom stereocenters. The highest BCUT2D eigenvalue weighted by Crippen LogP contribution is 2.28. The molecule has 6 heteroatoms. The highest BCUT2D eigenvalue weighted by molar-refractivity contribution is 5.47. The Morgan fingerprint density at radius 3 is 2.16 bits per heavy atom.